The van der Waals surface area contributed by atoms with Crippen molar-refractivity contribution >= 4 is 5.91 Å². The van der Waals surface area contributed by atoms with E-state index in [0.29, 0.717) is 13.0 Å². The number of carbonyl (C=O) groups excluding carboxylic acids is 1. The lowest BCUT2D eigenvalue weighted by Gasteiger charge is -2.31. The van der Waals surface area contributed by atoms with Crippen LogP contribution in [0.3, 0.4) is 0 Å². The second-order valence-electron chi connectivity index (χ2n) is 4.12. The van der Waals surface area contributed by atoms with Crippen LogP contribution < -0.4 is 5.73 Å². The van der Waals surface area contributed by atoms with Crippen LogP contribution in [0, 0.1) is 5.92 Å². The number of nitrogens with two attached hydrogens (primary N) is 1. The van der Waals surface area contributed by atoms with Crippen molar-refractivity contribution in [1.82, 2.24) is 4.90 Å². The van der Waals surface area contributed by atoms with Crippen LogP contribution in [-0.4, -0.2) is 30.4 Å². The van der Waals surface area contributed by atoms with E-state index in [1.807, 2.05) is 4.90 Å². The van der Waals surface area contributed by atoms with Crippen molar-refractivity contribution in [2.75, 3.05) is 19.6 Å². The Bertz CT molecular complexity index is 178. The van der Waals surface area contributed by atoms with Gasteiger partial charge in [-0.15, -0.1) is 0 Å². The van der Waals surface area contributed by atoms with Gasteiger partial charge in [0.25, 0.3) is 0 Å². The van der Waals surface area contributed by atoms with Crippen LogP contribution in [0.15, 0.2) is 0 Å². The molecule has 14 heavy (non-hydrogen) atoms. The van der Waals surface area contributed by atoms with Crippen LogP contribution in [0.4, 0.5) is 0 Å². The molecule has 0 aromatic rings. The zero-order chi connectivity index (χ0) is 10.4. The summed E-state index contributed by atoms with van der Waals surface area (Å²) in [6.45, 7) is 4.49. The Morgan fingerprint density at radius 3 is 2.64 bits per heavy atom. The second kappa shape index (κ2) is 6.02. The fourth-order valence-electron chi connectivity index (χ4n) is 1.81. The summed E-state index contributed by atoms with van der Waals surface area (Å²) in [6, 6.07) is 0. The van der Waals surface area contributed by atoms with E-state index in [-0.39, 0.29) is 5.91 Å². The van der Waals surface area contributed by atoms with E-state index in [2.05, 4.69) is 6.92 Å². The zero-order valence-electron chi connectivity index (χ0n) is 9.17. The molecule has 1 saturated carbocycles. The van der Waals surface area contributed by atoms with Crippen LogP contribution in [0.5, 0.6) is 0 Å². The van der Waals surface area contributed by atoms with E-state index in [9.17, 15) is 4.79 Å². The van der Waals surface area contributed by atoms with Crippen molar-refractivity contribution in [1.29, 1.82) is 0 Å². The average Bonchev–Trinajstić information content (AvgIpc) is 2.13. The third kappa shape index (κ3) is 3.29. The Kier molecular flexibility index (Phi) is 4.94. The SMILES string of the molecule is CCN(CC1CCC1)C(=O)CCCN. The van der Waals surface area contributed by atoms with E-state index in [4.69, 9.17) is 5.73 Å². The first-order chi connectivity index (χ1) is 6.77. The number of rotatable bonds is 6. The Labute approximate surface area is 86.6 Å². The molecule has 0 atom stereocenters. The van der Waals surface area contributed by atoms with Crippen molar-refractivity contribution in [2.45, 2.75) is 39.0 Å². The molecule has 0 aromatic carbocycles. The molecule has 1 amide bonds. The quantitative estimate of drug-likeness (QED) is 0.700. The van der Waals surface area contributed by atoms with Gasteiger partial charge in [-0.05, 0) is 38.6 Å². The predicted octanol–water partition coefficient (Wildman–Crippen LogP) is 1.37. The topological polar surface area (TPSA) is 46.3 Å². The molecule has 1 rings (SSSR count). The van der Waals surface area contributed by atoms with Crippen LogP contribution >= 0.6 is 0 Å². The number of hydrogen-bond acceptors (Lipinski definition) is 2. The van der Waals surface area contributed by atoms with Gasteiger partial charge in [0, 0.05) is 19.5 Å². The molecule has 1 fully saturated rings. The number of hydrogen-bond donors (Lipinski definition) is 1. The lowest BCUT2D eigenvalue weighted by Crippen LogP contribution is -2.37. The van der Waals surface area contributed by atoms with Gasteiger partial charge >= 0.3 is 0 Å². The van der Waals surface area contributed by atoms with Crippen LogP contribution in [-0.2, 0) is 4.79 Å². The molecule has 82 valence electrons. The van der Waals surface area contributed by atoms with Gasteiger partial charge in [-0.2, -0.15) is 0 Å². The summed E-state index contributed by atoms with van der Waals surface area (Å²) in [5.41, 5.74) is 5.39. The molecule has 0 heterocycles. The molecule has 1 aliphatic carbocycles. The first-order valence-corrected chi connectivity index (χ1v) is 5.75. The summed E-state index contributed by atoms with van der Waals surface area (Å²) in [5.74, 6) is 1.06. The van der Waals surface area contributed by atoms with Crippen LogP contribution in [0.2, 0.25) is 0 Å². The van der Waals surface area contributed by atoms with Gasteiger partial charge in [-0.3, -0.25) is 4.79 Å². The highest BCUT2D eigenvalue weighted by atomic mass is 16.2. The molecule has 0 radical (unpaired) electrons. The fourth-order valence-corrected chi connectivity index (χ4v) is 1.81. The average molecular weight is 198 g/mol. The Hall–Kier alpha value is -0.570. The van der Waals surface area contributed by atoms with Gasteiger partial charge in [-0.25, -0.2) is 0 Å². The van der Waals surface area contributed by atoms with E-state index in [1.165, 1.54) is 19.3 Å². The minimum Gasteiger partial charge on any atom is -0.343 e. The Morgan fingerprint density at radius 2 is 2.21 bits per heavy atom. The number of amides is 1. The maximum absolute atomic E-state index is 11.7. The van der Waals surface area contributed by atoms with E-state index in [0.717, 1.165) is 25.4 Å². The molecule has 3 heteroatoms. The molecule has 0 spiro atoms. The maximum Gasteiger partial charge on any atom is 0.222 e. The van der Waals surface area contributed by atoms with Crippen molar-refractivity contribution in [3.8, 4) is 0 Å². The summed E-state index contributed by atoms with van der Waals surface area (Å²) in [6.07, 6.45) is 5.40. The van der Waals surface area contributed by atoms with Crippen LogP contribution in [0.25, 0.3) is 0 Å². The second-order valence-corrected chi connectivity index (χ2v) is 4.12. The lowest BCUT2D eigenvalue weighted by molar-refractivity contribution is -0.132. The zero-order valence-corrected chi connectivity index (χ0v) is 9.17. The molecule has 0 unspecified atom stereocenters. The highest BCUT2D eigenvalue weighted by molar-refractivity contribution is 5.76. The standard InChI is InChI=1S/C11H22N2O/c1-2-13(9-10-5-3-6-10)11(14)7-4-8-12/h10H,2-9,12H2,1H3. The molecule has 0 aromatic heterocycles. The van der Waals surface area contributed by atoms with Gasteiger partial charge in [0.05, 0.1) is 0 Å². The van der Waals surface area contributed by atoms with Gasteiger partial charge < -0.3 is 10.6 Å². The van der Waals surface area contributed by atoms with E-state index >= 15 is 0 Å². The lowest BCUT2D eigenvalue weighted by atomic mass is 9.85. The highest BCUT2D eigenvalue weighted by Gasteiger charge is 2.22. The minimum atomic E-state index is 0.282. The van der Waals surface area contributed by atoms with Gasteiger partial charge in [0.2, 0.25) is 5.91 Å². The molecular formula is C11H22N2O. The summed E-state index contributed by atoms with van der Waals surface area (Å²) >= 11 is 0. The van der Waals surface area contributed by atoms with E-state index < -0.39 is 0 Å². The summed E-state index contributed by atoms with van der Waals surface area (Å²) in [4.78, 5) is 13.7. The third-order valence-electron chi connectivity index (χ3n) is 3.03. The normalized spacial score (nSPS) is 16.4. The summed E-state index contributed by atoms with van der Waals surface area (Å²) < 4.78 is 0. The number of nitrogens with zero attached hydrogens (tertiary/aromatic N) is 1. The minimum absolute atomic E-state index is 0.282. The molecule has 2 N–H and O–H groups in total. The van der Waals surface area contributed by atoms with Gasteiger partial charge in [0.1, 0.15) is 0 Å². The smallest absolute Gasteiger partial charge is 0.222 e. The van der Waals surface area contributed by atoms with Gasteiger partial charge in [-0.1, -0.05) is 6.42 Å². The number of carbonyl (C=O) groups is 1. The fraction of sp³-hybridized carbons (Fsp3) is 0.909. The Balaban J connectivity index is 2.24. The van der Waals surface area contributed by atoms with Crippen molar-refractivity contribution < 1.29 is 4.79 Å². The first kappa shape index (κ1) is 11.5. The molecule has 0 saturated heterocycles. The monoisotopic (exact) mass is 198 g/mol. The molecule has 1 aliphatic rings. The van der Waals surface area contributed by atoms with E-state index in [1.54, 1.807) is 0 Å². The highest BCUT2D eigenvalue weighted by Crippen LogP contribution is 2.27. The summed E-state index contributed by atoms with van der Waals surface area (Å²) in [5, 5.41) is 0. The first-order valence-electron chi connectivity index (χ1n) is 5.75. The molecule has 0 bridgehead atoms. The van der Waals surface area contributed by atoms with Gasteiger partial charge in [0.15, 0.2) is 0 Å². The summed E-state index contributed by atoms with van der Waals surface area (Å²) in [7, 11) is 0. The molecule has 0 aliphatic heterocycles. The predicted molar refractivity (Wildman–Crippen MR) is 57.9 cm³/mol. The Morgan fingerprint density at radius 1 is 1.50 bits per heavy atom. The van der Waals surface area contributed by atoms with Crippen molar-refractivity contribution in [2.24, 2.45) is 11.7 Å². The van der Waals surface area contributed by atoms with Crippen LogP contribution in [0.1, 0.15) is 39.0 Å². The largest absolute Gasteiger partial charge is 0.343 e. The maximum atomic E-state index is 11.7. The third-order valence-corrected chi connectivity index (χ3v) is 3.03. The van der Waals surface area contributed by atoms with Crippen molar-refractivity contribution in [3.63, 3.8) is 0 Å². The molecular weight excluding hydrogens is 176 g/mol. The molecule has 3 nitrogen and oxygen atoms in total. The van der Waals surface area contributed by atoms with Crippen molar-refractivity contribution in [3.05, 3.63) is 0 Å².